The van der Waals surface area contributed by atoms with E-state index in [1.54, 1.807) is 36.4 Å². The van der Waals surface area contributed by atoms with Gasteiger partial charge < -0.3 is 49.7 Å². The SMILES string of the molecule is O=C(NCCCCNC(=O)NCCOCCOCCNS(=O)(=O)c1ccc(OC2CCc3c(Cl)cc(Cl)cc32)cc1)NCCOCCOCCNS(=O)(=O)c1ccc(OC2CCc3c(Cl)cc(Cl)cc32)cc1. The molecular formula is C48H60Cl4N6O12S2. The van der Waals surface area contributed by atoms with Gasteiger partial charge in [0.05, 0.1) is 62.6 Å². The van der Waals surface area contributed by atoms with Crippen molar-refractivity contribution < 1.29 is 54.8 Å². The van der Waals surface area contributed by atoms with Crippen molar-refractivity contribution >= 4 is 78.5 Å². The molecule has 18 nitrogen and oxygen atoms in total. The largest absolute Gasteiger partial charge is 0.486 e. The van der Waals surface area contributed by atoms with Gasteiger partial charge in [0.2, 0.25) is 20.0 Å². The molecule has 2 atom stereocenters. The highest BCUT2D eigenvalue weighted by Crippen LogP contribution is 2.42. The van der Waals surface area contributed by atoms with Gasteiger partial charge in [-0.2, -0.15) is 0 Å². The zero-order valence-electron chi connectivity index (χ0n) is 39.5. The Morgan fingerprint density at radius 1 is 0.472 bits per heavy atom. The van der Waals surface area contributed by atoms with E-state index in [4.69, 9.17) is 74.8 Å². The molecule has 24 heteroatoms. The van der Waals surface area contributed by atoms with Gasteiger partial charge in [0.25, 0.3) is 0 Å². The number of nitrogens with one attached hydrogen (secondary N) is 6. The summed E-state index contributed by atoms with van der Waals surface area (Å²) >= 11 is 25.0. The molecule has 0 radical (unpaired) electrons. The molecule has 2 aliphatic rings. The van der Waals surface area contributed by atoms with Gasteiger partial charge in [0.1, 0.15) is 23.7 Å². The first-order chi connectivity index (χ1) is 34.7. The molecule has 0 saturated carbocycles. The van der Waals surface area contributed by atoms with Crippen LogP contribution in [0.15, 0.2) is 82.6 Å². The minimum atomic E-state index is -3.75. The van der Waals surface area contributed by atoms with Gasteiger partial charge in [-0.05, 0) is 134 Å². The molecule has 0 bridgehead atoms. The van der Waals surface area contributed by atoms with Crippen LogP contribution in [-0.4, -0.2) is 121 Å². The topological polar surface area (TPSA) is 230 Å². The highest BCUT2D eigenvalue weighted by molar-refractivity contribution is 7.89. The third kappa shape index (κ3) is 18.3. The number of carbonyl (C=O) groups excluding carboxylic acids is 2. The molecule has 0 fully saturated rings. The first kappa shape index (κ1) is 57.1. The average Bonchev–Trinajstić information content (AvgIpc) is 3.95. The molecule has 4 amide bonds. The first-order valence-corrected chi connectivity index (χ1v) is 28.0. The van der Waals surface area contributed by atoms with Crippen molar-refractivity contribution in [3.8, 4) is 11.5 Å². The lowest BCUT2D eigenvalue weighted by Gasteiger charge is -2.16. The normalized spacial score (nSPS) is 15.2. The highest BCUT2D eigenvalue weighted by Gasteiger charge is 2.28. The molecule has 0 saturated heterocycles. The number of unbranched alkanes of at least 4 members (excludes halogenated alkanes) is 1. The van der Waals surface area contributed by atoms with Crippen molar-refractivity contribution in [3.63, 3.8) is 0 Å². The summed E-state index contributed by atoms with van der Waals surface area (Å²) < 4.78 is 90.1. The van der Waals surface area contributed by atoms with Gasteiger partial charge in [0.15, 0.2) is 0 Å². The Bertz CT molecular complexity index is 2440. The van der Waals surface area contributed by atoms with Crippen LogP contribution >= 0.6 is 46.4 Å². The van der Waals surface area contributed by atoms with E-state index in [1.807, 2.05) is 12.1 Å². The number of hydrogen-bond acceptors (Lipinski definition) is 12. The van der Waals surface area contributed by atoms with Gasteiger partial charge in [-0.15, -0.1) is 0 Å². The van der Waals surface area contributed by atoms with Crippen LogP contribution < -0.4 is 40.2 Å². The van der Waals surface area contributed by atoms with Crippen LogP contribution in [-0.2, 0) is 51.8 Å². The number of carbonyl (C=O) groups is 2. The Labute approximate surface area is 440 Å². The number of urea groups is 2. The third-order valence-corrected chi connectivity index (χ3v) is 15.3. The lowest BCUT2D eigenvalue weighted by Crippen LogP contribution is -2.39. The summed E-state index contributed by atoms with van der Waals surface area (Å²) in [6, 6.07) is 18.9. The lowest BCUT2D eigenvalue weighted by molar-refractivity contribution is 0.0516. The van der Waals surface area contributed by atoms with Crippen molar-refractivity contribution in [3.05, 3.63) is 115 Å². The number of fused-ring (bicyclic) bond motifs is 2. The van der Waals surface area contributed by atoms with Gasteiger partial charge >= 0.3 is 12.1 Å². The number of sulfonamides is 2. The van der Waals surface area contributed by atoms with E-state index in [-0.39, 0.29) is 113 Å². The molecule has 6 N–H and O–H groups in total. The molecule has 394 valence electrons. The summed E-state index contributed by atoms with van der Waals surface area (Å²) in [5, 5.41) is 13.2. The van der Waals surface area contributed by atoms with Crippen molar-refractivity contribution in [1.29, 1.82) is 0 Å². The molecule has 0 aromatic heterocycles. The average molecular weight is 1120 g/mol. The van der Waals surface area contributed by atoms with Crippen LogP contribution in [0.25, 0.3) is 0 Å². The zero-order valence-corrected chi connectivity index (χ0v) is 44.1. The summed E-state index contributed by atoms with van der Waals surface area (Å²) in [7, 11) is -7.51. The predicted molar refractivity (Wildman–Crippen MR) is 275 cm³/mol. The van der Waals surface area contributed by atoms with Crippen LogP contribution in [0.4, 0.5) is 9.59 Å². The highest BCUT2D eigenvalue weighted by atomic mass is 35.5. The predicted octanol–water partition coefficient (Wildman–Crippen LogP) is 7.13. The van der Waals surface area contributed by atoms with E-state index < -0.39 is 20.0 Å². The molecule has 0 spiro atoms. The van der Waals surface area contributed by atoms with Crippen molar-refractivity contribution in [2.45, 2.75) is 60.5 Å². The minimum Gasteiger partial charge on any atom is -0.486 e. The molecule has 0 heterocycles. The summed E-state index contributed by atoms with van der Waals surface area (Å²) in [6.45, 7) is 3.40. The summed E-state index contributed by atoms with van der Waals surface area (Å²) in [5.74, 6) is 1.07. The smallest absolute Gasteiger partial charge is 0.314 e. The Morgan fingerprint density at radius 3 is 1.19 bits per heavy atom. The van der Waals surface area contributed by atoms with E-state index in [0.29, 0.717) is 57.5 Å². The van der Waals surface area contributed by atoms with Gasteiger partial charge in [-0.25, -0.2) is 35.9 Å². The monoisotopic (exact) mass is 1120 g/mol. The van der Waals surface area contributed by atoms with Gasteiger partial charge in [0, 0.05) is 59.4 Å². The Kier molecular flexibility index (Phi) is 23.1. The van der Waals surface area contributed by atoms with E-state index in [2.05, 4.69) is 30.7 Å². The number of benzene rings is 4. The maximum Gasteiger partial charge on any atom is 0.314 e. The molecule has 72 heavy (non-hydrogen) atoms. The fourth-order valence-electron chi connectivity index (χ4n) is 7.74. The van der Waals surface area contributed by atoms with Crippen LogP contribution in [0.1, 0.15) is 60.1 Å². The second kappa shape index (κ2) is 29.1. The first-order valence-electron chi connectivity index (χ1n) is 23.5. The number of amides is 4. The Balaban J connectivity index is 0.673. The summed E-state index contributed by atoms with van der Waals surface area (Å²) in [4.78, 5) is 24.3. The Hall–Kier alpha value is -4.16. The molecule has 2 unspecified atom stereocenters. The van der Waals surface area contributed by atoms with Gasteiger partial charge in [-0.3, -0.25) is 0 Å². The molecule has 4 aromatic rings. The van der Waals surface area contributed by atoms with E-state index >= 15 is 0 Å². The fraction of sp³-hybridized carbons (Fsp3) is 0.458. The number of hydrogen-bond donors (Lipinski definition) is 6. The maximum atomic E-state index is 12.7. The molecular weight excluding hydrogens is 1060 g/mol. The summed E-state index contributed by atoms with van der Waals surface area (Å²) in [5.41, 5.74) is 3.92. The second-order valence-corrected chi connectivity index (χ2v) is 21.7. The molecule has 6 rings (SSSR count). The molecule has 4 aromatic carbocycles. The number of ether oxygens (including phenoxy) is 6. The third-order valence-electron chi connectivity index (χ3n) is 11.3. The van der Waals surface area contributed by atoms with Crippen LogP contribution in [0.3, 0.4) is 0 Å². The standard InChI is InChI=1S/C48H60Cl4N6O12S2/c49-33-29-41-39(43(51)31-33)11-13-45(41)69-35-3-7-37(8-4-35)71(61,62)57-19-23-67-27-25-65-21-17-55-47(59)53-15-1-2-16-54-48(60)56-18-22-66-26-28-68-24-20-58-72(63,64)38-9-5-36(6-10-38)70-46-14-12-40-42(46)30-34(50)32-44(40)52/h3-10,29-32,45-46,57-58H,1-2,11-28H2,(H2,53,55,59)(H2,54,56,60). The minimum absolute atomic E-state index is 0.0723. The second-order valence-electron chi connectivity index (χ2n) is 16.5. The van der Waals surface area contributed by atoms with Crippen molar-refractivity contribution in [2.75, 3.05) is 92.1 Å². The van der Waals surface area contributed by atoms with E-state index in [9.17, 15) is 26.4 Å². The quantitative estimate of drug-likeness (QED) is 0.0277. The Morgan fingerprint density at radius 2 is 0.819 bits per heavy atom. The fourth-order valence-corrected chi connectivity index (χ4v) is 11.0. The van der Waals surface area contributed by atoms with Crippen LogP contribution in [0, 0.1) is 0 Å². The number of halogens is 4. The van der Waals surface area contributed by atoms with E-state index in [1.165, 1.54) is 24.3 Å². The number of rotatable bonds is 31. The molecule has 2 aliphatic carbocycles. The summed E-state index contributed by atoms with van der Waals surface area (Å²) in [6.07, 6.45) is 3.90. The van der Waals surface area contributed by atoms with Crippen molar-refractivity contribution in [2.24, 2.45) is 0 Å². The zero-order chi connectivity index (χ0) is 51.4. The van der Waals surface area contributed by atoms with Crippen LogP contribution in [0.2, 0.25) is 20.1 Å². The van der Waals surface area contributed by atoms with Gasteiger partial charge in [-0.1, -0.05) is 46.4 Å². The van der Waals surface area contributed by atoms with E-state index in [0.717, 1.165) is 47.9 Å². The maximum absolute atomic E-state index is 12.7. The van der Waals surface area contributed by atoms with Crippen molar-refractivity contribution in [1.82, 2.24) is 30.7 Å². The van der Waals surface area contributed by atoms with Crippen LogP contribution in [0.5, 0.6) is 11.5 Å². The molecule has 0 aliphatic heterocycles. The lowest BCUT2D eigenvalue weighted by atomic mass is 10.1.